The van der Waals surface area contributed by atoms with Crippen LogP contribution in [0.5, 0.6) is 0 Å². The fourth-order valence-corrected chi connectivity index (χ4v) is 4.56. The van der Waals surface area contributed by atoms with Gasteiger partial charge in [0.25, 0.3) is 0 Å². The Morgan fingerprint density at radius 2 is 1.81 bits per heavy atom. The van der Waals surface area contributed by atoms with Crippen molar-refractivity contribution in [2.45, 2.75) is 32.7 Å². The maximum absolute atomic E-state index is 12.5. The molecule has 2 aromatic carbocycles. The number of nitrogens with one attached hydrogen (secondary N) is 1. The normalized spacial score (nSPS) is 12.3. The molecule has 8 heteroatoms. The lowest BCUT2D eigenvalue weighted by Crippen LogP contribution is -2.26. The summed E-state index contributed by atoms with van der Waals surface area (Å²) in [6, 6.07) is 17.1. The van der Waals surface area contributed by atoms with Crippen molar-refractivity contribution in [3.8, 4) is 0 Å². The number of fused-ring (bicyclic) bond motifs is 3. The molecule has 0 aliphatic carbocycles. The molecule has 0 saturated carbocycles. The van der Waals surface area contributed by atoms with Crippen LogP contribution in [0.2, 0.25) is 0 Å². The summed E-state index contributed by atoms with van der Waals surface area (Å²) in [5.41, 5.74) is 9.41. The van der Waals surface area contributed by atoms with Crippen molar-refractivity contribution in [2.24, 2.45) is 0 Å². The monoisotopic (exact) mass is 449 g/mol. The molecule has 3 N–H and O–H groups in total. The Balaban J connectivity index is 1.62. The van der Waals surface area contributed by atoms with Gasteiger partial charge >= 0.3 is 0 Å². The van der Waals surface area contributed by atoms with Gasteiger partial charge in [0.2, 0.25) is 10.0 Å². The Morgan fingerprint density at radius 3 is 2.59 bits per heavy atom. The molecule has 166 valence electrons. The second-order valence-corrected chi connectivity index (χ2v) is 9.30. The van der Waals surface area contributed by atoms with E-state index in [1.165, 1.54) is 5.41 Å². The van der Waals surface area contributed by atoms with Crippen molar-refractivity contribution in [1.82, 2.24) is 19.3 Å². The highest BCUT2D eigenvalue weighted by Gasteiger charge is 2.17. The van der Waals surface area contributed by atoms with Gasteiger partial charge in [0.1, 0.15) is 11.3 Å². The average Bonchev–Trinajstić information content (AvgIpc) is 3.16. The van der Waals surface area contributed by atoms with Crippen LogP contribution in [0.25, 0.3) is 28.0 Å². The Morgan fingerprint density at radius 1 is 1.06 bits per heavy atom. The molecule has 4 rings (SSSR count). The zero-order valence-corrected chi connectivity index (χ0v) is 18.8. The van der Waals surface area contributed by atoms with Crippen LogP contribution in [0.3, 0.4) is 0 Å². The molecule has 2 aromatic heterocycles. The van der Waals surface area contributed by atoms with Crippen LogP contribution in [0.1, 0.15) is 31.2 Å². The summed E-state index contributed by atoms with van der Waals surface area (Å²) >= 11 is 0. The van der Waals surface area contributed by atoms with Crippen LogP contribution in [0.4, 0.5) is 5.82 Å². The van der Waals surface area contributed by atoms with Gasteiger partial charge in [-0.05, 0) is 24.1 Å². The van der Waals surface area contributed by atoms with Crippen molar-refractivity contribution < 1.29 is 8.42 Å². The smallest absolute Gasteiger partial charge is 0.233 e. The molecule has 32 heavy (non-hydrogen) atoms. The number of hydrogen-bond donors (Lipinski definition) is 2. The molecule has 0 saturated heterocycles. The van der Waals surface area contributed by atoms with Crippen LogP contribution in [0.15, 0.2) is 60.0 Å². The van der Waals surface area contributed by atoms with Gasteiger partial charge in [-0.1, -0.05) is 61.9 Å². The number of aromatic nitrogens is 3. The summed E-state index contributed by atoms with van der Waals surface area (Å²) in [6.07, 6.45) is 4.40. The number of para-hydroxylation sites is 1. The van der Waals surface area contributed by atoms with Crippen LogP contribution in [-0.4, -0.2) is 29.5 Å². The highest BCUT2D eigenvalue weighted by atomic mass is 32.2. The van der Waals surface area contributed by atoms with Crippen LogP contribution < -0.4 is 10.5 Å². The SMILES string of the molecule is CCCCc1nc2c(N)nc3ccccc3c2n1CCNS(=O)(=O)C=Cc1ccccc1. The number of aryl methyl sites for hydroxylation is 1. The molecule has 0 unspecified atom stereocenters. The number of nitrogens with zero attached hydrogens (tertiary/aromatic N) is 3. The number of nitrogen functional groups attached to an aromatic ring is 1. The van der Waals surface area contributed by atoms with Crippen LogP contribution >= 0.6 is 0 Å². The van der Waals surface area contributed by atoms with E-state index in [-0.39, 0.29) is 6.54 Å². The summed E-state index contributed by atoms with van der Waals surface area (Å²) in [4.78, 5) is 9.27. The highest BCUT2D eigenvalue weighted by molar-refractivity contribution is 7.92. The molecule has 0 bridgehead atoms. The van der Waals surface area contributed by atoms with Crippen molar-refractivity contribution in [1.29, 1.82) is 0 Å². The van der Waals surface area contributed by atoms with Crippen molar-refractivity contribution >= 4 is 43.9 Å². The number of pyridine rings is 1. The maximum Gasteiger partial charge on any atom is 0.233 e. The zero-order chi connectivity index (χ0) is 22.6. The predicted octanol–water partition coefficient (Wildman–Crippen LogP) is 4.10. The largest absolute Gasteiger partial charge is 0.382 e. The van der Waals surface area contributed by atoms with Crippen LogP contribution in [-0.2, 0) is 23.0 Å². The molecule has 2 heterocycles. The maximum atomic E-state index is 12.5. The Hall–Kier alpha value is -3.23. The second-order valence-electron chi connectivity index (χ2n) is 7.65. The molecule has 0 aliphatic heterocycles. The van der Waals surface area contributed by atoms with Gasteiger partial charge in [-0.25, -0.2) is 23.1 Å². The third-order valence-electron chi connectivity index (χ3n) is 5.32. The summed E-state index contributed by atoms with van der Waals surface area (Å²) in [6.45, 7) is 2.81. The molecular formula is C24H27N5O2S. The van der Waals surface area contributed by atoms with E-state index in [2.05, 4.69) is 21.2 Å². The first-order valence-corrected chi connectivity index (χ1v) is 12.3. The molecule has 0 atom stereocenters. The van der Waals surface area contributed by atoms with Crippen molar-refractivity contribution in [2.75, 3.05) is 12.3 Å². The Bertz CT molecular complexity index is 1360. The van der Waals surface area contributed by atoms with Gasteiger partial charge in [0.15, 0.2) is 5.82 Å². The number of benzene rings is 2. The lowest BCUT2D eigenvalue weighted by molar-refractivity contribution is 0.578. The molecule has 0 spiro atoms. The number of anilines is 1. The topological polar surface area (TPSA) is 103 Å². The Kier molecular flexibility index (Phi) is 6.53. The van der Waals surface area contributed by atoms with E-state index in [4.69, 9.17) is 10.7 Å². The third-order valence-corrected chi connectivity index (χ3v) is 6.42. The third kappa shape index (κ3) is 4.81. The van der Waals surface area contributed by atoms with Gasteiger partial charge in [-0.2, -0.15) is 0 Å². The minimum atomic E-state index is -3.57. The minimum Gasteiger partial charge on any atom is -0.382 e. The van der Waals surface area contributed by atoms with Crippen LogP contribution in [0, 0.1) is 0 Å². The van der Waals surface area contributed by atoms with Gasteiger partial charge in [-0.15, -0.1) is 0 Å². The van der Waals surface area contributed by atoms with Gasteiger partial charge < -0.3 is 10.3 Å². The summed E-state index contributed by atoms with van der Waals surface area (Å²) in [7, 11) is -3.57. The molecule has 0 amide bonds. The predicted molar refractivity (Wildman–Crippen MR) is 130 cm³/mol. The van der Waals surface area contributed by atoms with E-state index < -0.39 is 10.0 Å². The fourth-order valence-electron chi connectivity index (χ4n) is 3.75. The molecule has 4 aromatic rings. The van der Waals surface area contributed by atoms with E-state index in [9.17, 15) is 8.42 Å². The molecule has 0 radical (unpaired) electrons. The van der Waals surface area contributed by atoms with Crippen molar-refractivity contribution in [3.05, 3.63) is 71.4 Å². The first-order valence-electron chi connectivity index (χ1n) is 10.7. The molecular weight excluding hydrogens is 422 g/mol. The lowest BCUT2D eigenvalue weighted by Gasteiger charge is -2.11. The first-order chi connectivity index (χ1) is 15.5. The average molecular weight is 450 g/mol. The van der Waals surface area contributed by atoms with E-state index >= 15 is 0 Å². The summed E-state index contributed by atoms with van der Waals surface area (Å²) in [5, 5.41) is 2.16. The van der Waals surface area contributed by atoms with Gasteiger partial charge in [-0.3, -0.25) is 0 Å². The van der Waals surface area contributed by atoms with E-state index in [1.807, 2.05) is 54.6 Å². The minimum absolute atomic E-state index is 0.239. The van der Waals surface area contributed by atoms with E-state index in [0.29, 0.717) is 17.9 Å². The fraction of sp³-hybridized carbons (Fsp3) is 0.250. The standard InChI is InChI=1S/C24H27N5O2S/c1-2-3-13-21-28-22-23(19-11-7-8-12-20(19)27-24(22)25)29(21)16-15-26-32(30,31)17-14-18-9-5-4-6-10-18/h4-12,14,17,26H,2-3,13,15-16H2,1H3,(H2,25,27). The number of hydrogen-bond acceptors (Lipinski definition) is 5. The number of rotatable bonds is 9. The molecule has 0 aliphatic rings. The molecule has 0 fully saturated rings. The van der Waals surface area contributed by atoms with Gasteiger partial charge in [0, 0.05) is 30.3 Å². The number of unbranched alkanes of at least 4 members (excludes halogenated alkanes) is 1. The van der Waals surface area contributed by atoms with E-state index in [0.717, 1.165) is 47.1 Å². The highest BCUT2D eigenvalue weighted by Crippen LogP contribution is 2.29. The number of sulfonamides is 1. The number of imidazole rings is 1. The Labute approximate surface area is 188 Å². The zero-order valence-electron chi connectivity index (χ0n) is 18.0. The summed E-state index contributed by atoms with van der Waals surface area (Å²) < 4.78 is 29.7. The van der Waals surface area contributed by atoms with Gasteiger partial charge in [0.05, 0.1) is 11.0 Å². The number of nitrogens with two attached hydrogens (primary N) is 1. The summed E-state index contributed by atoms with van der Waals surface area (Å²) in [5.74, 6) is 1.28. The van der Waals surface area contributed by atoms with E-state index in [1.54, 1.807) is 6.08 Å². The molecule has 7 nitrogen and oxygen atoms in total. The first kappa shape index (κ1) is 22.0. The lowest BCUT2D eigenvalue weighted by atomic mass is 10.2. The second kappa shape index (κ2) is 9.50. The van der Waals surface area contributed by atoms with Crippen molar-refractivity contribution in [3.63, 3.8) is 0 Å². The quantitative estimate of drug-likeness (QED) is 0.400.